The van der Waals surface area contributed by atoms with E-state index in [1.807, 2.05) is 30.0 Å². The Labute approximate surface area is 203 Å². The maximum atomic E-state index is 13.9. The van der Waals surface area contributed by atoms with E-state index in [1.165, 1.54) is 0 Å². The predicted octanol–water partition coefficient (Wildman–Crippen LogP) is 4.39. The van der Waals surface area contributed by atoms with Crippen LogP contribution in [-0.4, -0.2) is 38.9 Å². The fraction of sp³-hybridized carbons (Fsp3) is 0.500. The Bertz CT molecular complexity index is 1230. The van der Waals surface area contributed by atoms with E-state index in [0.29, 0.717) is 18.8 Å². The molecule has 180 valence electrons. The molecule has 0 bridgehead atoms. The number of hydrogen-bond acceptors (Lipinski definition) is 6. The lowest BCUT2D eigenvalue weighted by atomic mass is 9.86. The van der Waals surface area contributed by atoms with Crippen LogP contribution in [0.25, 0.3) is 10.2 Å². The first-order valence-corrected chi connectivity index (χ1v) is 13.0. The van der Waals surface area contributed by atoms with E-state index in [-0.39, 0.29) is 18.7 Å². The van der Waals surface area contributed by atoms with Gasteiger partial charge in [-0.25, -0.2) is 0 Å². The number of amides is 1. The number of hydrogen-bond donors (Lipinski definition) is 2. The number of ether oxygens (including phenoxy) is 2. The first kappa shape index (κ1) is 21.9. The molecule has 4 heterocycles. The number of fused-ring (bicyclic) bond motifs is 4. The number of benzene rings is 1. The van der Waals surface area contributed by atoms with Crippen LogP contribution in [0.2, 0.25) is 0 Å². The SMILES string of the molecule is CC1CCC(NC(=O)C2(C)Cn3c(cc4sccc43)C(O)N2Cc2ccc3c(c2)OCO3)CC1. The van der Waals surface area contributed by atoms with E-state index < -0.39 is 11.8 Å². The van der Waals surface area contributed by atoms with Crippen molar-refractivity contribution in [3.05, 3.63) is 47.0 Å². The van der Waals surface area contributed by atoms with Crippen molar-refractivity contribution in [1.29, 1.82) is 0 Å². The lowest BCUT2D eigenvalue weighted by Crippen LogP contribution is -2.63. The van der Waals surface area contributed by atoms with E-state index >= 15 is 0 Å². The van der Waals surface area contributed by atoms with Crippen LogP contribution in [0.1, 0.15) is 57.0 Å². The standard InChI is InChI=1S/C26H31N3O4S/c1-16-3-6-18(7-4-16)27-25(31)26(2)14-28-19-9-10-34-23(19)12-20(28)24(30)29(26)13-17-5-8-21-22(11-17)33-15-32-21/h5,8-12,16,18,24,30H,3-4,6-7,13-15H2,1-2H3,(H,27,31). The van der Waals surface area contributed by atoms with Gasteiger partial charge in [0.05, 0.1) is 22.5 Å². The van der Waals surface area contributed by atoms with E-state index in [9.17, 15) is 9.90 Å². The van der Waals surface area contributed by atoms with Crippen LogP contribution in [0, 0.1) is 5.92 Å². The smallest absolute Gasteiger partial charge is 0.242 e. The van der Waals surface area contributed by atoms with Crippen molar-refractivity contribution < 1.29 is 19.4 Å². The molecule has 2 aliphatic heterocycles. The molecular weight excluding hydrogens is 450 g/mol. The minimum Gasteiger partial charge on any atom is -0.454 e. The van der Waals surface area contributed by atoms with Gasteiger partial charge in [0.25, 0.3) is 0 Å². The number of aromatic nitrogens is 1. The van der Waals surface area contributed by atoms with Gasteiger partial charge in [-0.1, -0.05) is 13.0 Å². The molecule has 0 spiro atoms. The first-order valence-electron chi connectivity index (χ1n) is 12.1. The van der Waals surface area contributed by atoms with Gasteiger partial charge in [0.2, 0.25) is 12.7 Å². The Kier molecular flexibility index (Phi) is 5.35. The molecule has 0 saturated heterocycles. The number of aliphatic hydroxyl groups is 1. The van der Waals surface area contributed by atoms with E-state index in [4.69, 9.17) is 9.47 Å². The zero-order chi connectivity index (χ0) is 23.4. The molecule has 3 aromatic rings. The van der Waals surface area contributed by atoms with Crippen molar-refractivity contribution in [3.63, 3.8) is 0 Å². The number of carbonyl (C=O) groups excluding carboxylic acids is 1. The number of thiophene rings is 1. The Morgan fingerprint density at radius 1 is 1.18 bits per heavy atom. The molecule has 7 nitrogen and oxygen atoms in total. The van der Waals surface area contributed by atoms with Crippen molar-refractivity contribution in [3.8, 4) is 11.5 Å². The van der Waals surface area contributed by atoms with Gasteiger partial charge in [-0.05, 0) is 73.7 Å². The van der Waals surface area contributed by atoms with E-state index in [1.54, 1.807) is 11.3 Å². The Hall–Kier alpha value is -2.55. The minimum atomic E-state index is -0.917. The predicted molar refractivity (Wildman–Crippen MR) is 131 cm³/mol. The quantitative estimate of drug-likeness (QED) is 0.578. The Balaban J connectivity index is 1.35. The van der Waals surface area contributed by atoms with Crippen molar-refractivity contribution in [1.82, 2.24) is 14.8 Å². The summed E-state index contributed by atoms with van der Waals surface area (Å²) in [6, 6.07) is 10.1. The van der Waals surface area contributed by atoms with Crippen molar-refractivity contribution in [2.75, 3.05) is 6.79 Å². The average molecular weight is 482 g/mol. The molecule has 1 aromatic carbocycles. The molecule has 0 radical (unpaired) electrons. The van der Waals surface area contributed by atoms with Crippen LogP contribution in [0.4, 0.5) is 0 Å². The molecule has 6 rings (SSSR count). The summed E-state index contributed by atoms with van der Waals surface area (Å²) in [6.45, 7) is 5.37. The molecule has 1 amide bonds. The number of rotatable bonds is 4. The summed E-state index contributed by atoms with van der Waals surface area (Å²) in [7, 11) is 0. The Morgan fingerprint density at radius 3 is 2.79 bits per heavy atom. The van der Waals surface area contributed by atoms with Crippen LogP contribution >= 0.6 is 11.3 Å². The fourth-order valence-electron chi connectivity index (χ4n) is 5.66. The largest absolute Gasteiger partial charge is 0.454 e. The highest BCUT2D eigenvalue weighted by Gasteiger charge is 2.48. The Morgan fingerprint density at radius 2 is 1.97 bits per heavy atom. The van der Waals surface area contributed by atoms with Crippen molar-refractivity contribution >= 4 is 27.5 Å². The maximum Gasteiger partial charge on any atom is 0.242 e. The van der Waals surface area contributed by atoms with Crippen molar-refractivity contribution in [2.24, 2.45) is 5.92 Å². The minimum absolute atomic E-state index is 0.0189. The third-order valence-corrected chi connectivity index (χ3v) is 8.70. The molecule has 2 atom stereocenters. The molecule has 1 fully saturated rings. The summed E-state index contributed by atoms with van der Waals surface area (Å²) in [5, 5.41) is 17.0. The summed E-state index contributed by atoms with van der Waals surface area (Å²) in [4.78, 5) is 15.8. The van der Waals surface area contributed by atoms with Gasteiger partial charge in [-0.2, -0.15) is 0 Å². The lowest BCUT2D eigenvalue weighted by molar-refractivity contribution is -0.152. The summed E-state index contributed by atoms with van der Waals surface area (Å²) >= 11 is 1.66. The molecule has 1 saturated carbocycles. The van der Waals surface area contributed by atoms with Gasteiger partial charge in [-0.15, -0.1) is 11.3 Å². The van der Waals surface area contributed by atoms with Gasteiger partial charge < -0.3 is 24.5 Å². The summed E-state index contributed by atoms with van der Waals surface area (Å²) in [5.74, 6) is 2.13. The monoisotopic (exact) mass is 481 g/mol. The number of nitrogens with one attached hydrogen (secondary N) is 1. The van der Waals surface area contributed by atoms with Gasteiger partial charge >= 0.3 is 0 Å². The number of aliphatic hydroxyl groups excluding tert-OH is 1. The summed E-state index contributed by atoms with van der Waals surface area (Å²) < 4.78 is 14.3. The second kappa shape index (κ2) is 8.29. The number of carbonyl (C=O) groups is 1. The fourth-order valence-corrected chi connectivity index (χ4v) is 6.49. The highest BCUT2D eigenvalue weighted by molar-refractivity contribution is 7.17. The maximum absolute atomic E-state index is 13.9. The second-order valence-electron chi connectivity index (χ2n) is 10.2. The van der Waals surface area contributed by atoms with Gasteiger partial charge in [0.15, 0.2) is 11.5 Å². The third kappa shape index (κ3) is 3.59. The zero-order valence-corrected chi connectivity index (χ0v) is 20.4. The van der Waals surface area contributed by atoms with Gasteiger partial charge in [0.1, 0.15) is 11.8 Å². The highest BCUT2D eigenvalue weighted by Crippen LogP contribution is 2.41. The summed E-state index contributed by atoms with van der Waals surface area (Å²) in [5.41, 5.74) is 1.96. The lowest BCUT2D eigenvalue weighted by Gasteiger charge is -2.47. The van der Waals surface area contributed by atoms with Crippen molar-refractivity contribution in [2.45, 2.75) is 70.4 Å². The highest BCUT2D eigenvalue weighted by atomic mass is 32.1. The topological polar surface area (TPSA) is 76.0 Å². The molecule has 3 aliphatic rings. The molecule has 8 heteroatoms. The molecule has 1 aliphatic carbocycles. The zero-order valence-electron chi connectivity index (χ0n) is 19.6. The normalized spacial score (nSPS) is 28.7. The van der Waals surface area contributed by atoms with Crippen LogP contribution in [-0.2, 0) is 17.9 Å². The van der Waals surface area contributed by atoms with Crippen LogP contribution in [0.3, 0.4) is 0 Å². The second-order valence-corrected chi connectivity index (χ2v) is 11.2. The molecular formula is C26H31N3O4S. The molecule has 2 aromatic heterocycles. The van der Waals surface area contributed by atoms with E-state index in [2.05, 4.69) is 34.3 Å². The molecule has 2 unspecified atom stereocenters. The van der Waals surface area contributed by atoms with Gasteiger partial charge in [0, 0.05) is 12.6 Å². The molecule has 2 N–H and O–H groups in total. The van der Waals surface area contributed by atoms with Gasteiger partial charge in [-0.3, -0.25) is 9.69 Å². The van der Waals surface area contributed by atoms with Crippen LogP contribution < -0.4 is 14.8 Å². The third-order valence-electron chi connectivity index (χ3n) is 7.84. The van der Waals surface area contributed by atoms with Crippen LogP contribution in [0.5, 0.6) is 11.5 Å². The van der Waals surface area contributed by atoms with Crippen LogP contribution in [0.15, 0.2) is 35.7 Å². The number of nitrogens with zero attached hydrogens (tertiary/aromatic N) is 2. The van der Waals surface area contributed by atoms with E-state index in [0.717, 1.165) is 58.8 Å². The average Bonchev–Trinajstić information content (AvgIpc) is 3.55. The first-order chi connectivity index (χ1) is 16.4. The summed E-state index contributed by atoms with van der Waals surface area (Å²) in [6.07, 6.45) is 3.40. The molecule has 34 heavy (non-hydrogen) atoms.